The Morgan fingerprint density at radius 2 is 2.14 bits per heavy atom. The van der Waals surface area contributed by atoms with Gasteiger partial charge >= 0.3 is 5.97 Å². The van der Waals surface area contributed by atoms with Gasteiger partial charge in [-0.15, -0.1) is 0 Å². The zero-order valence-electron chi connectivity index (χ0n) is 12.3. The molecule has 1 rings (SSSR count). The maximum atomic E-state index is 11.1. The zero-order valence-corrected chi connectivity index (χ0v) is 12.3. The molecule has 0 aliphatic heterocycles. The Labute approximate surface area is 123 Å². The Hall–Kier alpha value is -2.31. The third-order valence-corrected chi connectivity index (χ3v) is 2.83. The van der Waals surface area contributed by atoms with Crippen LogP contribution in [0.15, 0.2) is 18.2 Å². The van der Waals surface area contributed by atoms with Crippen molar-refractivity contribution >= 4 is 17.3 Å². The number of nitro groups is 1. The molecule has 0 saturated heterocycles. The first-order chi connectivity index (χ1) is 10.1. The van der Waals surface area contributed by atoms with Crippen molar-refractivity contribution in [1.82, 2.24) is 0 Å². The van der Waals surface area contributed by atoms with E-state index in [0.717, 1.165) is 6.42 Å². The summed E-state index contributed by atoms with van der Waals surface area (Å²) in [6, 6.07) is 4.65. The fraction of sp³-hybridized carbons (Fsp3) is 0.500. The molecule has 0 heterocycles. The summed E-state index contributed by atoms with van der Waals surface area (Å²) in [5.74, 6) is 0.225. The van der Waals surface area contributed by atoms with Crippen LogP contribution >= 0.6 is 0 Å². The van der Waals surface area contributed by atoms with Crippen LogP contribution in [0.4, 0.5) is 11.4 Å². The summed E-state index contributed by atoms with van der Waals surface area (Å²) in [4.78, 5) is 21.7. The molecule has 0 radical (unpaired) electrons. The van der Waals surface area contributed by atoms with E-state index in [1.807, 2.05) is 0 Å². The van der Waals surface area contributed by atoms with Crippen LogP contribution in [0.1, 0.15) is 26.2 Å². The van der Waals surface area contributed by atoms with E-state index in [0.29, 0.717) is 37.4 Å². The van der Waals surface area contributed by atoms with Crippen LogP contribution in [0.25, 0.3) is 0 Å². The molecule has 21 heavy (non-hydrogen) atoms. The van der Waals surface area contributed by atoms with E-state index in [4.69, 9.17) is 9.47 Å². The van der Waals surface area contributed by atoms with Crippen molar-refractivity contribution in [2.24, 2.45) is 0 Å². The summed E-state index contributed by atoms with van der Waals surface area (Å²) in [5, 5.41) is 14.0. The number of rotatable bonds is 9. The average molecular weight is 296 g/mol. The van der Waals surface area contributed by atoms with Gasteiger partial charge in [0, 0.05) is 13.0 Å². The molecular formula is C14H20N2O5. The molecule has 0 unspecified atom stereocenters. The minimum atomic E-state index is -0.455. The maximum absolute atomic E-state index is 11.1. The van der Waals surface area contributed by atoms with Crippen LogP contribution in [0, 0.1) is 10.1 Å². The van der Waals surface area contributed by atoms with Crippen molar-refractivity contribution in [2.75, 3.05) is 25.6 Å². The molecule has 0 bridgehead atoms. The lowest BCUT2D eigenvalue weighted by atomic mass is 10.2. The van der Waals surface area contributed by atoms with Crippen LogP contribution in [0.3, 0.4) is 0 Å². The second-order valence-corrected chi connectivity index (χ2v) is 4.33. The second kappa shape index (κ2) is 8.78. The number of anilines is 1. The van der Waals surface area contributed by atoms with Crippen LogP contribution in [0.2, 0.25) is 0 Å². The van der Waals surface area contributed by atoms with Crippen LogP contribution < -0.4 is 10.1 Å². The Morgan fingerprint density at radius 3 is 2.76 bits per heavy atom. The van der Waals surface area contributed by atoms with E-state index in [2.05, 4.69) is 5.32 Å². The standard InChI is InChI=1S/C14H20N2O5/c1-3-21-14(17)6-4-5-9-15-12-8-7-11(20-2)10-13(12)16(18)19/h7-8,10,15H,3-6,9H2,1-2H3. The summed E-state index contributed by atoms with van der Waals surface area (Å²) in [6.07, 6.45) is 1.76. The number of unbranched alkanes of at least 4 members (excludes halogenated alkanes) is 1. The molecule has 7 nitrogen and oxygen atoms in total. The molecular weight excluding hydrogens is 276 g/mol. The van der Waals surface area contributed by atoms with E-state index in [1.54, 1.807) is 19.1 Å². The van der Waals surface area contributed by atoms with E-state index >= 15 is 0 Å². The predicted octanol–water partition coefficient (Wildman–Crippen LogP) is 2.75. The second-order valence-electron chi connectivity index (χ2n) is 4.33. The number of carbonyl (C=O) groups excluding carboxylic acids is 1. The normalized spacial score (nSPS) is 10.0. The summed E-state index contributed by atoms with van der Waals surface area (Å²) < 4.78 is 9.79. The third kappa shape index (κ3) is 5.68. The molecule has 0 saturated carbocycles. The number of hydrogen-bond donors (Lipinski definition) is 1. The fourth-order valence-corrected chi connectivity index (χ4v) is 1.79. The highest BCUT2D eigenvalue weighted by molar-refractivity contribution is 5.69. The monoisotopic (exact) mass is 296 g/mol. The van der Waals surface area contributed by atoms with E-state index in [9.17, 15) is 14.9 Å². The van der Waals surface area contributed by atoms with Gasteiger partial charge in [0.1, 0.15) is 11.4 Å². The molecule has 7 heteroatoms. The average Bonchev–Trinajstić information content (AvgIpc) is 2.47. The summed E-state index contributed by atoms with van der Waals surface area (Å²) in [6.45, 7) is 2.70. The Balaban J connectivity index is 2.45. The molecule has 0 amide bonds. The van der Waals surface area contributed by atoms with E-state index in [1.165, 1.54) is 13.2 Å². The van der Waals surface area contributed by atoms with Gasteiger partial charge in [-0.3, -0.25) is 14.9 Å². The number of nitrogens with one attached hydrogen (secondary N) is 1. The van der Waals surface area contributed by atoms with Gasteiger partial charge in [-0.2, -0.15) is 0 Å². The first-order valence-electron chi connectivity index (χ1n) is 6.80. The highest BCUT2D eigenvalue weighted by Crippen LogP contribution is 2.28. The van der Waals surface area contributed by atoms with Gasteiger partial charge in [0.25, 0.3) is 5.69 Å². The number of nitrogens with zero attached hydrogens (tertiary/aromatic N) is 1. The van der Waals surface area contributed by atoms with Crippen molar-refractivity contribution in [1.29, 1.82) is 0 Å². The maximum Gasteiger partial charge on any atom is 0.305 e. The third-order valence-electron chi connectivity index (χ3n) is 2.83. The van der Waals surface area contributed by atoms with Gasteiger partial charge < -0.3 is 14.8 Å². The summed E-state index contributed by atoms with van der Waals surface area (Å²) in [7, 11) is 1.46. The van der Waals surface area contributed by atoms with Crippen LogP contribution in [-0.4, -0.2) is 31.2 Å². The van der Waals surface area contributed by atoms with Crippen molar-refractivity contribution < 1.29 is 19.2 Å². The Bertz CT molecular complexity index is 490. The smallest absolute Gasteiger partial charge is 0.305 e. The van der Waals surface area contributed by atoms with Gasteiger partial charge in [-0.25, -0.2) is 0 Å². The number of benzene rings is 1. The first-order valence-corrected chi connectivity index (χ1v) is 6.80. The number of carbonyl (C=O) groups is 1. The zero-order chi connectivity index (χ0) is 15.7. The molecule has 0 aliphatic rings. The number of nitro benzene ring substituents is 1. The molecule has 0 spiro atoms. The lowest BCUT2D eigenvalue weighted by molar-refractivity contribution is -0.384. The quantitative estimate of drug-likeness (QED) is 0.326. The number of ether oxygens (including phenoxy) is 2. The number of methoxy groups -OCH3 is 1. The fourth-order valence-electron chi connectivity index (χ4n) is 1.79. The van der Waals surface area contributed by atoms with Gasteiger partial charge in [0.2, 0.25) is 0 Å². The largest absolute Gasteiger partial charge is 0.496 e. The molecule has 1 N–H and O–H groups in total. The van der Waals surface area contributed by atoms with E-state index < -0.39 is 4.92 Å². The van der Waals surface area contributed by atoms with Gasteiger partial charge in [0.05, 0.1) is 24.7 Å². The SMILES string of the molecule is CCOC(=O)CCCCNc1ccc(OC)cc1[N+](=O)[O-]. The predicted molar refractivity (Wildman–Crippen MR) is 78.6 cm³/mol. The molecule has 1 aromatic carbocycles. The number of hydrogen-bond acceptors (Lipinski definition) is 6. The molecule has 0 aliphatic carbocycles. The Morgan fingerprint density at radius 1 is 1.38 bits per heavy atom. The van der Waals surface area contributed by atoms with Crippen molar-refractivity contribution in [3.63, 3.8) is 0 Å². The first kappa shape index (κ1) is 16.7. The number of esters is 1. The highest BCUT2D eigenvalue weighted by atomic mass is 16.6. The molecule has 0 fully saturated rings. The van der Waals surface area contributed by atoms with Gasteiger partial charge in [-0.1, -0.05) is 0 Å². The summed E-state index contributed by atoms with van der Waals surface area (Å²) >= 11 is 0. The van der Waals surface area contributed by atoms with Crippen LogP contribution in [-0.2, 0) is 9.53 Å². The van der Waals surface area contributed by atoms with Crippen LogP contribution in [0.5, 0.6) is 5.75 Å². The van der Waals surface area contributed by atoms with Crippen molar-refractivity contribution in [3.05, 3.63) is 28.3 Å². The van der Waals surface area contributed by atoms with Crippen molar-refractivity contribution in [3.8, 4) is 5.75 Å². The lowest BCUT2D eigenvalue weighted by Crippen LogP contribution is -2.07. The highest BCUT2D eigenvalue weighted by Gasteiger charge is 2.14. The van der Waals surface area contributed by atoms with Gasteiger partial charge in [-0.05, 0) is 31.9 Å². The minimum absolute atomic E-state index is 0.0280. The topological polar surface area (TPSA) is 90.7 Å². The molecule has 116 valence electrons. The summed E-state index contributed by atoms with van der Waals surface area (Å²) in [5.41, 5.74) is 0.414. The minimum Gasteiger partial charge on any atom is -0.496 e. The van der Waals surface area contributed by atoms with Gasteiger partial charge in [0.15, 0.2) is 0 Å². The lowest BCUT2D eigenvalue weighted by Gasteiger charge is -2.08. The van der Waals surface area contributed by atoms with Crippen molar-refractivity contribution in [2.45, 2.75) is 26.2 Å². The molecule has 0 atom stereocenters. The van der Waals surface area contributed by atoms with E-state index in [-0.39, 0.29) is 11.7 Å². The molecule has 0 aromatic heterocycles. The molecule has 1 aromatic rings. The Kier molecular flexibility index (Phi) is 7.00.